The van der Waals surface area contributed by atoms with Crippen molar-refractivity contribution in [3.63, 3.8) is 0 Å². The number of ether oxygens (including phenoxy) is 1. The first-order valence-electron chi connectivity index (χ1n) is 4.90. The van der Waals surface area contributed by atoms with Gasteiger partial charge in [0.1, 0.15) is 0 Å². The Morgan fingerprint density at radius 1 is 1.56 bits per heavy atom. The molecule has 5 heteroatoms. The van der Waals surface area contributed by atoms with Crippen LogP contribution in [0, 0.1) is 16.0 Å². The number of hydrogen-bond acceptors (Lipinski definition) is 3. The van der Waals surface area contributed by atoms with E-state index in [0.29, 0.717) is 18.1 Å². The maximum absolute atomic E-state index is 12.4. The van der Waals surface area contributed by atoms with Gasteiger partial charge in [-0.15, -0.1) is 0 Å². The molecule has 0 heterocycles. The van der Waals surface area contributed by atoms with Crippen molar-refractivity contribution in [2.45, 2.75) is 13.8 Å². The van der Waals surface area contributed by atoms with Gasteiger partial charge >= 0.3 is 5.69 Å². The van der Waals surface area contributed by atoms with Crippen LogP contribution < -0.4 is 4.74 Å². The van der Waals surface area contributed by atoms with E-state index in [1.54, 1.807) is 19.9 Å². The average molecular weight is 226 g/mol. The van der Waals surface area contributed by atoms with Gasteiger partial charge in [-0.3, -0.25) is 14.5 Å². The third-order valence-corrected chi connectivity index (χ3v) is 2.15. The van der Waals surface area contributed by atoms with Crippen molar-refractivity contribution in [1.82, 2.24) is 0 Å². The van der Waals surface area contributed by atoms with Gasteiger partial charge in [0.25, 0.3) is 0 Å². The minimum Gasteiger partial charge on any atom is -0.487 e. The summed E-state index contributed by atoms with van der Waals surface area (Å²) in [5.41, 5.74) is 0.393. The molecule has 16 heavy (non-hydrogen) atoms. The summed E-state index contributed by atoms with van der Waals surface area (Å²) in [4.78, 5) is 10.3. The maximum atomic E-state index is 12.4. The molecule has 1 rings (SSSR count). The summed E-state index contributed by atoms with van der Waals surface area (Å²) in [7, 11) is 0. The number of halogens is 1. The van der Waals surface area contributed by atoms with Crippen LogP contribution in [-0.2, 0) is 0 Å². The van der Waals surface area contributed by atoms with Crippen molar-refractivity contribution >= 4 is 5.69 Å². The Labute approximate surface area is 93.2 Å². The van der Waals surface area contributed by atoms with Gasteiger partial charge in [-0.05, 0) is 18.6 Å². The van der Waals surface area contributed by atoms with E-state index in [0.717, 1.165) is 0 Å². The number of alkyl halides is 1. The summed E-state index contributed by atoms with van der Waals surface area (Å²) in [5, 5.41) is 10.8. The van der Waals surface area contributed by atoms with Crippen LogP contribution in [0.4, 0.5) is 10.1 Å². The maximum Gasteiger partial charge on any atom is 0.311 e. The van der Waals surface area contributed by atoms with E-state index in [-0.39, 0.29) is 11.4 Å². The lowest BCUT2D eigenvalue weighted by molar-refractivity contribution is -0.385. The molecule has 0 atom stereocenters. The smallest absolute Gasteiger partial charge is 0.311 e. The topological polar surface area (TPSA) is 52.4 Å². The van der Waals surface area contributed by atoms with Crippen molar-refractivity contribution in [1.29, 1.82) is 0 Å². The van der Waals surface area contributed by atoms with E-state index in [1.165, 1.54) is 12.1 Å². The summed E-state index contributed by atoms with van der Waals surface area (Å²) >= 11 is 0. The Bertz CT molecular complexity index is 381. The molecule has 0 saturated heterocycles. The molecule has 1 aromatic rings. The molecule has 0 saturated carbocycles. The third kappa shape index (κ3) is 2.68. The van der Waals surface area contributed by atoms with E-state index >= 15 is 0 Å². The van der Waals surface area contributed by atoms with Gasteiger partial charge < -0.3 is 4.74 Å². The Balaban J connectivity index is 3.12. The van der Waals surface area contributed by atoms with Crippen LogP contribution >= 0.6 is 0 Å². The predicted octanol–water partition coefficient (Wildman–Crippen LogP) is 2.91. The zero-order chi connectivity index (χ0) is 12.1. The zero-order valence-electron chi connectivity index (χ0n) is 9.20. The molecule has 0 amide bonds. The molecule has 4 nitrogen and oxygen atoms in total. The van der Waals surface area contributed by atoms with Crippen LogP contribution in [0.5, 0.6) is 5.75 Å². The number of hydrogen-bond donors (Lipinski definition) is 0. The fourth-order valence-corrected chi connectivity index (χ4v) is 1.28. The van der Waals surface area contributed by atoms with Gasteiger partial charge in [-0.2, -0.15) is 0 Å². The highest BCUT2D eigenvalue weighted by Gasteiger charge is 2.18. The zero-order valence-corrected chi connectivity index (χ0v) is 9.20. The van der Waals surface area contributed by atoms with Crippen molar-refractivity contribution in [2.24, 2.45) is 0 Å². The highest BCUT2D eigenvalue weighted by atomic mass is 19.1. The largest absolute Gasteiger partial charge is 0.487 e. The van der Waals surface area contributed by atoms with E-state index in [4.69, 9.17) is 4.74 Å². The second-order valence-corrected chi connectivity index (χ2v) is 3.29. The summed E-state index contributed by atoms with van der Waals surface area (Å²) < 4.78 is 17.5. The molecule has 0 aliphatic heterocycles. The summed E-state index contributed by atoms with van der Waals surface area (Å²) in [6, 6.07) is 4.45. The van der Waals surface area contributed by atoms with Gasteiger partial charge in [0, 0.05) is 12.0 Å². The molecular weight excluding hydrogens is 213 g/mol. The van der Waals surface area contributed by atoms with Crippen molar-refractivity contribution in [2.75, 3.05) is 13.3 Å². The number of nitro groups is 1. The second-order valence-electron chi connectivity index (χ2n) is 3.29. The highest BCUT2D eigenvalue weighted by Crippen LogP contribution is 2.30. The van der Waals surface area contributed by atoms with Crippen LogP contribution in [0.25, 0.3) is 0 Å². The predicted molar refractivity (Wildman–Crippen MR) is 58.3 cm³/mol. The van der Waals surface area contributed by atoms with Crippen molar-refractivity contribution < 1.29 is 14.1 Å². The van der Waals surface area contributed by atoms with Crippen LogP contribution in [0.1, 0.15) is 19.4 Å². The van der Waals surface area contributed by atoms with Crippen molar-refractivity contribution in [3.05, 3.63) is 39.8 Å². The Hall–Kier alpha value is -1.65. The molecular formula is C11H13FNO3. The number of nitro benzene ring substituents is 1. The fourth-order valence-electron chi connectivity index (χ4n) is 1.28. The number of rotatable bonds is 5. The van der Waals surface area contributed by atoms with Gasteiger partial charge in [0.2, 0.25) is 0 Å². The Morgan fingerprint density at radius 2 is 2.25 bits per heavy atom. The summed E-state index contributed by atoms with van der Waals surface area (Å²) in [6.07, 6.45) is 0. The van der Waals surface area contributed by atoms with Crippen LogP contribution in [0.2, 0.25) is 0 Å². The van der Waals surface area contributed by atoms with Crippen LogP contribution in [0.15, 0.2) is 18.2 Å². The SMILES string of the molecule is CCOc1ccc([C](C)CF)cc1[N+](=O)[O-]. The molecule has 0 unspecified atom stereocenters. The number of benzene rings is 1. The lowest BCUT2D eigenvalue weighted by Gasteiger charge is -2.09. The van der Waals surface area contributed by atoms with Crippen LogP contribution in [-0.4, -0.2) is 18.2 Å². The standard InChI is InChI=1S/C11H13FNO3/c1-3-16-11-5-4-9(8(2)7-12)6-10(11)13(14)15/h4-6H,3,7H2,1-2H3. The van der Waals surface area contributed by atoms with Gasteiger partial charge in [-0.25, -0.2) is 0 Å². The molecule has 1 radical (unpaired) electrons. The van der Waals surface area contributed by atoms with E-state index < -0.39 is 11.6 Å². The Morgan fingerprint density at radius 3 is 2.75 bits per heavy atom. The first kappa shape index (κ1) is 12.4. The fraction of sp³-hybridized carbons (Fsp3) is 0.364. The lowest BCUT2D eigenvalue weighted by atomic mass is 10.0. The van der Waals surface area contributed by atoms with Gasteiger partial charge in [-0.1, -0.05) is 13.0 Å². The minimum atomic E-state index is -0.620. The molecule has 0 bridgehead atoms. The van der Waals surface area contributed by atoms with Gasteiger partial charge in [0.15, 0.2) is 5.75 Å². The molecule has 1 aromatic carbocycles. The molecule has 0 aromatic heterocycles. The van der Waals surface area contributed by atoms with Crippen LogP contribution in [0.3, 0.4) is 0 Å². The molecule has 0 N–H and O–H groups in total. The van der Waals surface area contributed by atoms with E-state index in [1.807, 2.05) is 0 Å². The summed E-state index contributed by atoms with van der Waals surface area (Å²) in [5.74, 6) is 0.675. The molecule has 87 valence electrons. The molecule has 0 aliphatic rings. The normalized spacial score (nSPS) is 10.5. The quantitative estimate of drug-likeness (QED) is 0.573. The second kappa shape index (κ2) is 5.44. The van der Waals surface area contributed by atoms with E-state index in [2.05, 4.69) is 0 Å². The highest BCUT2D eigenvalue weighted by molar-refractivity contribution is 5.51. The van der Waals surface area contributed by atoms with Crippen molar-refractivity contribution in [3.8, 4) is 5.75 Å². The average Bonchev–Trinajstić information content (AvgIpc) is 2.28. The lowest BCUT2D eigenvalue weighted by Crippen LogP contribution is -2.01. The Kier molecular flexibility index (Phi) is 4.22. The number of nitrogens with zero attached hydrogens (tertiary/aromatic N) is 1. The minimum absolute atomic E-state index is 0.132. The first-order chi connectivity index (χ1) is 7.60. The monoisotopic (exact) mass is 226 g/mol. The first-order valence-corrected chi connectivity index (χ1v) is 4.90. The third-order valence-electron chi connectivity index (χ3n) is 2.15. The van der Waals surface area contributed by atoms with Gasteiger partial charge in [0.05, 0.1) is 18.2 Å². The van der Waals surface area contributed by atoms with E-state index in [9.17, 15) is 14.5 Å². The molecule has 0 aliphatic carbocycles. The summed E-state index contributed by atoms with van der Waals surface area (Å²) in [6.45, 7) is 3.08. The molecule has 0 spiro atoms. The molecule has 0 fully saturated rings.